The number of carbonyl (C=O) groups excluding carboxylic acids is 1. The lowest BCUT2D eigenvalue weighted by Crippen LogP contribution is -2.40. The summed E-state index contributed by atoms with van der Waals surface area (Å²) < 4.78 is 7.43. The van der Waals surface area contributed by atoms with Crippen LogP contribution in [0.4, 0.5) is 0 Å². The van der Waals surface area contributed by atoms with Crippen molar-refractivity contribution in [1.29, 1.82) is 0 Å². The molecular weight excluding hydrogens is 304 g/mol. The maximum absolute atomic E-state index is 12.4. The molecular formula is C18H24N4O2. The van der Waals surface area contributed by atoms with Gasteiger partial charge in [0, 0.05) is 19.5 Å². The van der Waals surface area contributed by atoms with Crippen molar-refractivity contribution in [3.63, 3.8) is 0 Å². The van der Waals surface area contributed by atoms with Gasteiger partial charge in [-0.2, -0.15) is 0 Å². The number of aromatic nitrogens is 3. The number of fused-ring (bicyclic) bond motifs is 1. The van der Waals surface area contributed by atoms with Gasteiger partial charge in [-0.25, -0.2) is 0 Å². The third-order valence-electron chi connectivity index (χ3n) is 4.29. The highest BCUT2D eigenvalue weighted by molar-refractivity contribution is 5.79. The highest BCUT2D eigenvalue weighted by Crippen LogP contribution is 2.19. The Kier molecular flexibility index (Phi) is 5.13. The summed E-state index contributed by atoms with van der Waals surface area (Å²) >= 11 is 0. The van der Waals surface area contributed by atoms with Crippen LogP contribution in [-0.4, -0.2) is 33.5 Å². The first-order valence-corrected chi connectivity index (χ1v) is 8.54. The average Bonchev–Trinajstić information content (AvgIpc) is 2.94. The van der Waals surface area contributed by atoms with E-state index >= 15 is 0 Å². The highest BCUT2D eigenvalue weighted by Gasteiger charge is 2.24. The lowest BCUT2D eigenvalue weighted by atomic mass is 9.95. The third kappa shape index (κ3) is 3.93. The van der Waals surface area contributed by atoms with Crippen molar-refractivity contribution in [2.24, 2.45) is 7.05 Å². The number of rotatable bonds is 6. The number of hydrogen-bond donors (Lipinski definition) is 1. The normalized spacial score (nSPS) is 16.5. The molecule has 1 aromatic heterocycles. The van der Waals surface area contributed by atoms with Crippen LogP contribution >= 0.6 is 0 Å². The van der Waals surface area contributed by atoms with Gasteiger partial charge in [0.05, 0.1) is 24.4 Å². The van der Waals surface area contributed by atoms with E-state index in [1.807, 2.05) is 36.0 Å². The number of amides is 1. The van der Waals surface area contributed by atoms with Crippen LogP contribution in [0.3, 0.4) is 0 Å². The van der Waals surface area contributed by atoms with E-state index in [1.54, 1.807) is 0 Å². The lowest BCUT2D eigenvalue weighted by Gasteiger charge is -2.23. The van der Waals surface area contributed by atoms with Crippen LogP contribution in [-0.2, 0) is 31.1 Å². The van der Waals surface area contributed by atoms with Crippen molar-refractivity contribution < 1.29 is 9.53 Å². The number of aryl methyl sites for hydroxylation is 2. The second-order valence-corrected chi connectivity index (χ2v) is 6.29. The van der Waals surface area contributed by atoms with Crippen molar-refractivity contribution in [2.45, 2.75) is 45.1 Å². The van der Waals surface area contributed by atoms with Crippen LogP contribution in [0.1, 0.15) is 36.7 Å². The molecule has 1 aromatic carbocycles. The van der Waals surface area contributed by atoms with Gasteiger partial charge in [0.25, 0.3) is 0 Å². The van der Waals surface area contributed by atoms with Crippen LogP contribution in [0.5, 0.6) is 5.75 Å². The van der Waals surface area contributed by atoms with Crippen molar-refractivity contribution in [3.8, 4) is 5.75 Å². The molecule has 0 spiro atoms. The summed E-state index contributed by atoms with van der Waals surface area (Å²) in [7, 11) is 1.90. The highest BCUT2D eigenvalue weighted by atomic mass is 16.5. The molecule has 24 heavy (non-hydrogen) atoms. The first kappa shape index (κ1) is 16.5. The van der Waals surface area contributed by atoms with E-state index in [0.29, 0.717) is 13.0 Å². The fraction of sp³-hybridized carbons (Fsp3) is 0.500. The predicted molar refractivity (Wildman–Crippen MR) is 90.9 cm³/mol. The van der Waals surface area contributed by atoms with Crippen LogP contribution in [0.2, 0.25) is 0 Å². The van der Waals surface area contributed by atoms with Crippen molar-refractivity contribution in [1.82, 2.24) is 20.3 Å². The Hall–Kier alpha value is -2.37. The number of hydrogen-bond acceptors (Lipinski definition) is 4. The zero-order valence-electron chi connectivity index (χ0n) is 14.3. The Balaban J connectivity index is 1.55. The monoisotopic (exact) mass is 328 g/mol. The molecule has 2 aromatic rings. The summed E-state index contributed by atoms with van der Waals surface area (Å²) in [4.78, 5) is 12.4. The molecule has 1 heterocycles. The smallest absolute Gasteiger partial charge is 0.224 e. The van der Waals surface area contributed by atoms with E-state index in [2.05, 4.69) is 22.6 Å². The molecule has 0 radical (unpaired) electrons. The van der Waals surface area contributed by atoms with Gasteiger partial charge >= 0.3 is 0 Å². The van der Waals surface area contributed by atoms with Crippen LogP contribution in [0, 0.1) is 0 Å². The van der Waals surface area contributed by atoms with Gasteiger partial charge in [0.15, 0.2) is 0 Å². The molecule has 0 aliphatic heterocycles. The summed E-state index contributed by atoms with van der Waals surface area (Å²) in [6.45, 7) is 2.77. The Morgan fingerprint density at radius 1 is 1.46 bits per heavy atom. The number of ether oxygens (including phenoxy) is 1. The second-order valence-electron chi connectivity index (χ2n) is 6.29. The molecule has 0 saturated heterocycles. The predicted octanol–water partition coefficient (Wildman–Crippen LogP) is 1.82. The summed E-state index contributed by atoms with van der Waals surface area (Å²) in [5, 5.41) is 11.4. The molecule has 1 amide bonds. The molecule has 0 bridgehead atoms. The van der Waals surface area contributed by atoms with E-state index in [-0.39, 0.29) is 11.9 Å². The fourth-order valence-electron chi connectivity index (χ4n) is 3.06. The Labute approximate surface area is 142 Å². The number of carbonyl (C=O) groups is 1. The molecule has 1 unspecified atom stereocenters. The minimum atomic E-state index is 0.0474. The first-order chi connectivity index (χ1) is 11.7. The molecule has 128 valence electrons. The van der Waals surface area contributed by atoms with E-state index < -0.39 is 0 Å². The number of nitrogens with one attached hydrogen (secondary N) is 1. The zero-order chi connectivity index (χ0) is 16.9. The third-order valence-corrected chi connectivity index (χ3v) is 4.29. The molecule has 1 aliphatic rings. The summed E-state index contributed by atoms with van der Waals surface area (Å²) in [5.74, 6) is 0.872. The maximum atomic E-state index is 12.4. The van der Waals surface area contributed by atoms with Crippen LogP contribution < -0.4 is 10.1 Å². The summed E-state index contributed by atoms with van der Waals surface area (Å²) in [6.07, 6.45) is 3.92. The Morgan fingerprint density at radius 3 is 3.17 bits per heavy atom. The van der Waals surface area contributed by atoms with Crippen molar-refractivity contribution in [3.05, 3.63) is 41.2 Å². The maximum Gasteiger partial charge on any atom is 0.224 e. The summed E-state index contributed by atoms with van der Waals surface area (Å²) in [5.41, 5.74) is 3.16. The van der Waals surface area contributed by atoms with Gasteiger partial charge in [0.2, 0.25) is 5.91 Å². The molecule has 3 rings (SSSR count). The molecule has 1 N–H and O–H groups in total. The van der Waals surface area contributed by atoms with E-state index in [9.17, 15) is 4.79 Å². The second kappa shape index (κ2) is 7.47. The molecule has 1 aliphatic carbocycles. The number of benzene rings is 1. The zero-order valence-corrected chi connectivity index (χ0v) is 14.3. The fourth-order valence-corrected chi connectivity index (χ4v) is 3.06. The molecule has 0 fully saturated rings. The van der Waals surface area contributed by atoms with Gasteiger partial charge < -0.3 is 10.1 Å². The minimum Gasteiger partial charge on any atom is -0.494 e. The standard InChI is InChI=1S/C18H24N4O2/c1-3-9-24-15-6-4-5-13(10-15)11-18(23)19-14-7-8-16-17(12-14)22(2)21-20-16/h4-6,10,14H,3,7-9,11-12H2,1-2H3,(H,19,23). The Morgan fingerprint density at radius 2 is 2.33 bits per heavy atom. The van der Waals surface area contributed by atoms with Crippen molar-refractivity contribution in [2.75, 3.05) is 6.61 Å². The van der Waals surface area contributed by atoms with Gasteiger partial charge in [-0.15, -0.1) is 5.10 Å². The molecule has 0 saturated carbocycles. The van der Waals surface area contributed by atoms with Crippen LogP contribution in [0.25, 0.3) is 0 Å². The quantitative estimate of drug-likeness (QED) is 0.878. The van der Waals surface area contributed by atoms with Gasteiger partial charge in [-0.3, -0.25) is 9.48 Å². The first-order valence-electron chi connectivity index (χ1n) is 8.54. The topological polar surface area (TPSA) is 69.0 Å². The largest absolute Gasteiger partial charge is 0.494 e. The van der Waals surface area contributed by atoms with Gasteiger partial charge in [-0.05, 0) is 37.0 Å². The van der Waals surface area contributed by atoms with Crippen LogP contribution in [0.15, 0.2) is 24.3 Å². The molecule has 6 heteroatoms. The number of nitrogens with zero attached hydrogens (tertiary/aromatic N) is 3. The van der Waals surface area contributed by atoms with Crippen molar-refractivity contribution >= 4 is 5.91 Å². The Bertz CT molecular complexity index is 711. The average molecular weight is 328 g/mol. The van der Waals surface area contributed by atoms with E-state index in [0.717, 1.165) is 48.4 Å². The van der Waals surface area contributed by atoms with Gasteiger partial charge in [-0.1, -0.05) is 24.3 Å². The van der Waals surface area contributed by atoms with Gasteiger partial charge in [0.1, 0.15) is 5.75 Å². The van der Waals surface area contributed by atoms with E-state index in [1.165, 1.54) is 0 Å². The summed E-state index contributed by atoms with van der Waals surface area (Å²) in [6, 6.07) is 7.92. The molecule has 1 atom stereocenters. The minimum absolute atomic E-state index is 0.0474. The lowest BCUT2D eigenvalue weighted by molar-refractivity contribution is -0.121. The SMILES string of the molecule is CCCOc1cccc(CC(=O)NC2CCc3nnn(C)c3C2)c1. The molecule has 6 nitrogen and oxygen atoms in total. The van der Waals surface area contributed by atoms with E-state index in [4.69, 9.17) is 4.74 Å².